The molecule has 0 bridgehead atoms. The zero-order valence-electron chi connectivity index (χ0n) is 11.7. The molecule has 0 spiro atoms. The van der Waals surface area contributed by atoms with Gasteiger partial charge >= 0.3 is 0 Å². The number of hydrogen-bond acceptors (Lipinski definition) is 3. The van der Waals surface area contributed by atoms with Crippen LogP contribution in [0.4, 0.5) is 0 Å². The number of halogens is 2. The molecule has 21 heavy (non-hydrogen) atoms. The molecule has 0 atom stereocenters. The minimum atomic E-state index is 0.463. The van der Waals surface area contributed by atoms with Gasteiger partial charge in [-0.2, -0.15) is 0 Å². The molecule has 0 fully saturated rings. The molecule has 112 valence electrons. The fourth-order valence-electron chi connectivity index (χ4n) is 1.92. The molecule has 0 aliphatic heterocycles. The quantitative estimate of drug-likeness (QED) is 0.748. The van der Waals surface area contributed by atoms with E-state index in [-0.39, 0.29) is 0 Å². The summed E-state index contributed by atoms with van der Waals surface area (Å²) in [5.41, 5.74) is 7.78. The van der Waals surface area contributed by atoms with Crippen LogP contribution >= 0.6 is 31.9 Å². The number of nitrogens with two attached hydrogens (primary N) is 1. The Morgan fingerprint density at radius 3 is 2.52 bits per heavy atom. The van der Waals surface area contributed by atoms with Gasteiger partial charge < -0.3 is 15.2 Å². The molecule has 0 aromatic heterocycles. The maximum atomic E-state index is 5.93. The molecule has 2 rings (SSSR count). The van der Waals surface area contributed by atoms with Gasteiger partial charge in [-0.05, 0) is 58.2 Å². The molecule has 2 aromatic rings. The highest BCUT2D eigenvalue weighted by Crippen LogP contribution is 2.37. The fraction of sp³-hybridized carbons (Fsp3) is 0.250. The van der Waals surface area contributed by atoms with Gasteiger partial charge in [-0.15, -0.1) is 0 Å². The van der Waals surface area contributed by atoms with Crippen LogP contribution in [-0.2, 0) is 13.2 Å². The SMILES string of the molecule is CCOc1cc(CN)cc(Br)c1OCc1cccc(Br)c1. The van der Waals surface area contributed by atoms with Crippen molar-refractivity contribution in [1.82, 2.24) is 0 Å². The number of hydrogen-bond donors (Lipinski definition) is 1. The van der Waals surface area contributed by atoms with Gasteiger partial charge in [0, 0.05) is 11.0 Å². The van der Waals surface area contributed by atoms with E-state index in [1.165, 1.54) is 0 Å². The lowest BCUT2D eigenvalue weighted by Crippen LogP contribution is -2.03. The number of benzene rings is 2. The van der Waals surface area contributed by atoms with Crippen molar-refractivity contribution >= 4 is 31.9 Å². The molecule has 0 amide bonds. The zero-order valence-corrected chi connectivity index (χ0v) is 14.9. The van der Waals surface area contributed by atoms with E-state index in [4.69, 9.17) is 15.2 Å². The van der Waals surface area contributed by atoms with E-state index in [0.29, 0.717) is 31.3 Å². The first-order valence-corrected chi connectivity index (χ1v) is 8.25. The summed E-state index contributed by atoms with van der Waals surface area (Å²) in [6.45, 7) is 3.46. The Morgan fingerprint density at radius 1 is 1.05 bits per heavy atom. The zero-order chi connectivity index (χ0) is 15.2. The fourth-order valence-corrected chi connectivity index (χ4v) is 2.98. The lowest BCUT2D eigenvalue weighted by molar-refractivity contribution is 0.267. The standard InChI is InChI=1S/C16H17Br2NO2/c1-2-20-15-8-12(9-19)7-14(18)16(15)21-10-11-4-3-5-13(17)6-11/h3-8H,2,9-10,19H2,1H3. The van der Waals surface area contributed by atoms with E-state index in [2.05, 4.69) is 31.9 Å². The second-order valence-corrected chi connectivity index (χ2v) is 6.23. The Morgan fingerprint density at radius 2 is 1.86 bits per heavy atom. The molecule has 5 heteroatoms. The monoisotopic (exact) mass is 413 g/mol. The molecule has 0 aliphatic carbocycles. The van der Waals surface area contributed by atoms with E-state index < -0.39 is 0 Å². The smallest absolute Gasteiger partial charge is 0.175 e. The van der Waals surface area contributed by atoms with Crippen molar-refractivity contribution in [1.29, 1.82) is 0 Å². The van der Waals surface area contributed by atoms with Gasteiger partial charge in [0.05, 0.1) is 11.1 Å². The van der Waals surface area contributed by atoms with Crippen molar-refractivity contribution < 1.29 is 9.47 Å². The van der Waals surface area contributed by atoms with Crippen LogP contribution in [0.25, 0.3) is 0 Å². The lowest BCUT2D eigenvalue weighted by atomic mass is 10.2. The van der Waals surface area contributed by atoms with Gasteiger partial charge in [0.25, 0.3) is 0 Å². The molecular weight excluding hydrogens is 398 g/mol. The molecule has 2 N–H and O–H groups in total. The topological polar surface area (TPSA) is 44.5 Å². The molecule has 0 saturated heterocycles. The average Bonchev–Trinajstić information content (AvgIpc) is 2.46. The van der Waals surface area contributed by atoms with Crippen molar-refractivity contribution in [2.75, 3.05) is 6.61 Å². The maximum Gasteiger partial charge on any atom is 0.175 e. The Hall–Kier alpha value is -1.04. The Labute approximate surface area is 141 Å². The van der Waals surface area contributed by atoms with E-state index in [1.54, 1.807) is 0 Å². The summed E-state index contributed by atoms with van der Waals surface area (Å²) in [6, 6.07) is 11.9. The highest BCUT2D eigenvalue weighted by atomic mass is 79.9. The summed E-state index contributed by atoms with van der Waals surface area (Å²) in [4.78, 5) is 0. The van der Waals surface area contributed by atoms with Crippen molar-refractivity contribution in [3.05, 3.63) is 56.5 Å². The van der Waals surface area contributed by atoms with Crippen LogP contribution in [-0.4, -0.2) is 6.61 Å². The predicted octanol–water partition coefficient (Wildman–Crippen LogP) is 4.65. The Balaban J connectivity index is 2.22. The summed E-state index contributed by atoms with van der Waals surface area (Å²) < 4.78 is 13.5. The Kier molecular flexibility index (Phi) is 6.08. The summed E-state index contributed by atoms with van der Waals surface area (Å²) in [6.07, 6.45) is 0. The number of rotatable bonds is 6. The average molecular weight is 415 g/mol. The molecule has 0 aliphatic rings. The Bertz CT molecular complexity index is 617. The number of ether oxygens (including phenoxy) is 2. The van der Waals surface area contributed by atoms with Gasteiger partial charge in [-0.3, -0.25) is 0 Å². The van der Waals surface area contributed by atoms with E-state index in [0.717, 1.165) is 20.1 Å². The minimum Gasteiger partial charge on any atom is -0.490 e. The van der Waals surface area contributed by atoms with Gasteiger partial charge in [-0.25, -0.2) is 0 Å². The van der Waals surface area contributed by atoms with Crippen LogP contribution in [0.3, 0.4) is 0 Å². The molecule has 0 radical (unpaired) electrons. The van der Waals surface area contributed by atoms with Crippen LogP contribution in [0, 0.1) is 0 Å². The van der Waals surface area contributed by atoms with E-state index in [1.807, 2.05) is 43.3 Å². The molecular formula is C16H17Br2NO2. The van der Waals surface area contributed by atoms with Crippen LogP contribution < -0.4 is 15.2 Å². The van der Waals surface area contributed by atoms with Crippen LogP contribution in [0.15, 0.2) is 45.3 Å². The van der Waals surface area contributed by atoms with Gasteiger partial charge in [0.1, 0.15) is 6.61 Å². The second-order valence-electron chi connectivity index (χ2n) is 4.46. The third-order valence-electron chi connectivity index (χ3n) is 2.88. The van der Waals surface area contributed by atoms with E-state index in [9.17, 15) is 0 Å². The normalized spacial score (nSPS) is 10.5. The first-order chi connectivity index (χ1) is 10.1. The first kappa shape index (κ1) is 16.3. The summed E-state index contributed by atoms with van der Waals surface area (Å²) in [5, 5.41) is 0. The largest absolute Gasteiger partial charge is 0.490 e. The molecule has 0 heterocycles. The van der Waals surface area contributed by atoms with Gasteiger partial charge in [0.15, 0.2) is 11.5 Å². The molecule has 0 saturated carbocycles. The van der Waals surface area contributed by atoms with Gasteiger partial charge in [-0.1, -0.05) is 28.1 Å². The van der Waals surface area contributed by atoms with Crippen LogP contribution in [0.1, 0.15) is 18.1 Å². The van der Waals surface area contributed by atoms with Gasteiger partial charge in [0.2, 0.25) is 0 Å². The third kappa shape index (κ3) is 4.46. The summed E-state index contributed by atoms with van der Waals surface area (Å²) in [7, 11) is 0. The highest BCUT2D eigenvalue weighted by molar-refractivity contribution is 9.10. The van der Waals surface area contributed by atoms with E-state index >= 15 is 0 Å². The highest BCUT2D eigenvalue weighted by Gasteiger charge is 2.12. The molecule has 0 unspecified atom stereocenters. The first-order valence-electron chi connectivity index (χ1n) is 6.66. The van der Waals surface area contributed by atoms with Crippen molar-refractivity contribution in [2.45, 2.75) is 20.1 Å². The maximum absolute atomic E-state index is 5.93. The van der Waals surface area contributed by atoms with Crippen molar-refractivity contribution in [3.63, 3.8) is 0 Å². The van der Waals surface area contributed by atoms with Crippen LogP contribution in [0.2, 0.25) is 0 Å². The third-order valence-corrected chi connectivity index (χ3v) is 3.96. The van der Waals surface area contributed by atoms with Crippen LogP contribution in [0.5, 0.6) is 11.5 Å². The van der Waals surface area contributed by atoms with Crippen molar-refractivity contribution in [3.8, 4) is 11.5 Å². The lowest BCUT2D eigenvalue weighted by Gasteiger charge is -2.15. The predicted molar refractivity (Wildman–Crippen MR) is 91.7 cm³/mol. The van der Waals surface area contributed by atoms with Crippen molar-refractivity contribution in [2.24, 2.45) is 5.73 Å². The molecule has 2 aromatic carbocycles. The molecule has 3 nitrogen and oxygen atoms in total. The minimum absolute atomic E-state index is 0.463. The summed E-state index contributed by atoms with van der Waals surface area (Å²) >= 11 is 6.98. The second kappa shape index (κ2) is 7.82. The summed E-state index contributed by atoms with van der Waals surface area (Å²) in [5.74, 6) is 1.41.